The minimum absolute atomic E-state index is 0.0238. The number of halogens is 2. The van der Waals surface area contributed by atoms with Crippen molar-refractivity contribution < 1.29 is 4.39 Å². The Morgan fingerprint density at radius 2 is 2.14 bits per heavy atom. The van der Waals surface area contributed by atoms with E-state index < -0.39 is 5.82 Å². The number of tetrazole rings is 1. The smallest absolute Gasteiger partial charge is 0.252 e. The van der Waals surface area contributed by atoms with Crippen molar-refractivity contribution in [1.29, 1.82) is 0 Å². The maximum atomic E-state index is 15.3. The number of hydrogen-bond donors (Lipinski definition) is 2. The second-order valence-corrected chi connectivity index (χ2v) is 10.1. The number of nitrogens with two attached hydrogens (primary N) is 1. The van der Waals surface area contributed by atoms with Crippen LogP contribution in [0, 0.1) is 12.7 Å². The topological polar surface area (TPSA) is 133 Å². The van der Waals surface area contributed by atoms with Gasteiger partial charge < -0.3 is 15.3 Å². The first-order chi connectivity index (χ1) is 17.3. The maximum Gasteiger partial charge on any atom is 0.252 e. The molecule has 0 aliphatic carbocycles. The number of anilines is 1. The van der Waals surface area contributed by atoms with Crippen molar-refractivity contribution >= 4 is 28.1 Å². The van der Waals surface area contributed by atoms with Gasteiger partial charge in [-0.3, -0.25) is 4.79 Å². The van der Waals surface area contributed by atoms with Crippen LogP contribution in [0.25, 0.3) is 27.4 Å². The van der Waals surface area contributed by atoms with E-state index in [1.54, 1.807) is 16.8 Å². The summed E-state index contributed by atoms with van der Waals surface area (Å²) in [7, 11) is 0. The molecule has 182 valence electrons. The second kappa shape index (κ2) is 8.35. The summed E-state index contributed by atoms with van der Waals surface area (Å²) < 4.78 is 18.4. The summed E-state index contributed by atoms with van der Waals surface area (Å²) in [5.41, 5.74) is 8.92. The zero-order valence-electron chi connectivity index (χ0n) is 19.1. The first-order valence-electron chi connectivity index (χ1n) is 11.1. The molecule has 3 N–H and O–H groups in total. The Bertz CT molecular complexity index is 1670. The van der Waals surface area contributed by atoms with Crippen LogP contribution in [0.1, 0.15) is 42.5 Å². The van der Waals surface area contributed by atoms with Crippen molar-refractivity contribution in [1.82, 2.24) is 39.7 Å². The Labute approximate surface area is 212 Å². The largest absolute Gasteiger partial charge is 0.375 e. The third-order valence-corrected chi connectivity index (χ3v) is 7.73. The average Bonchev–Trinajstić information content (AvgIpc) is 3.63. The molecular formula is C23H19ClFN9OS. The van der Waals surface area contributed by atoms with Gasteiger partial charge >= 0.3 is 0 Å². The molecule has 1 aliphatic rings. The first kappa shape index (κ1) is 22.6. The number of imidazole rings is 1. The summed E-state index contributed by atoms with van der Waals surface area (Å²) >= 11 is 7.49. The number of benzene rings is 1. The highest BCUT2D eigenvalue weighted by Crippen LogP contribution is 2.41. The zero-order chi connectivity index (χ0) is 25.1. The molecule has 5 aromatic rings. The van der Waals surface area contributed by atoms with E-state index in [1.807, 2.05) is 19.9 Å². The molecule has 0 saturated heterocycles. The number of nitrogens with zero attached hydrogens (tertiary/aromatic N) is 7. The fraction of sp³-hybridized carbons (Fsp3) is 0.217. The molecule has 2 atom stereocenters. The SMILES string of the molecule is Cc1nc(N)sc1-c1cnc([C@@H]2C[C@H](C)c3cc(-c4c(-n5cnnn5)ccc(Cl)c4F)cc(=O)n32)[nH]1. The number of rotatable bonds is 4. The molecule has 0 saturated carbocycles. The Kier molecular flexibility index (Phi) is 5.23. The predicted molar refractivity (Wildman–Crippen MR) is 134 cm³/mol. The Morgan fingerprint density at radius 1 is 1.31 bits per heavy atom. The van der Waals surface area contributed by atoms with Gasteiger partial charge in [-0.05, 0) is 53.5 Å². The van der Waals surface area contributed by atoms with Gasteiger partial charge in [0.2, 0.25) is 0 Å². The van der Waals surface area contributed by atoms with E-state index in [-0.39, 0.29) is 28.1 Å². The molecule has 0 spiro atoms. The average molecular weight is 524 g/mol. The Hall–Kier alpha value is -3.90. The summed E-state index contributed by atoms with van der Waals surface area (Å²) in [6.07, 6.45) is 3.75. The Balaban J connectivity index is 1.46. The maximum absolute atomic E-state index is 15.3. The van der Waals surface area contributed by atoms with E-state index in [9.17, 15) is 4.79 Å². The summed E-state index contributed by atoms with van der Waals surface area (Å²) in [5.74, 6) is 0.0435. The van der Waals surface area contributed by atoms with Gasteiger partial charge in [-0.25, -0.2) is 14.4 Å². The van der Waals surface area contributed by atoms with E-state index in [2.05, 4.69) is 30.5 Å². The van der Waals surface area contributed by atoms with Crippen LogP contribution < -0.4 is 11.3 Å². The van der Waals surface area contributed by atoms with Gasteiger partial charge in [-0.15, -0.1) is 5.10 Å². The van der Waals surface area contributed by atoms with Gasteiger partial charge in [0.05, 0.1) is 39.2 Å². The van der Waals surface area contributed by atoms with Crippen LogP contribution >= 0.6 is 22.9 Å². The zero-order valence-corrected chi connectivity index (χ0v) is 20.7. The Morgan fingerprint density at radius 3 is 2.86 bits per heavy atom. The van der Waals surface area contributed by atoms with Crippen LogP contribution in [0.5, 0.6) is 0 Å². The summed E-state index contributed by atoms with van der Waals surface area (Å²) in [6, 6.07) is 6.00. The fourth-order valence-electron chi connectivity index (χ4n) is 4.82. The molecule has 1 aliphatic heterocycles. The number of aromatic nitrogens is 8. The third kappa shape index (κ3) is 3.52. The van der Waals surface area contributed by atoms with E-state index in [0.29, 0.717) is 28.6 Å². The number of nitrogen functional groups attached to an aromatic ring is 1. The molecule has 36 heavy (non-hydrogen) atoms. The lowest BCUT2D eigenvalue weighted by Gasteiger charge is -2.15. The molecule has 0 bridgehead atoms. The first-order valence-corrected chi connectivity index (χ1v) is 12.3. The van der Waals surface area contributed by atoms with Crippen LogP contribution in [-0.4, -0.2) is 39.7 Å². The lowest BCUT2D eigenvalue weighted by Crippen LogP contribution is -2.24. The number of aromatic amines is 1. The highest BCUT2D eigenvalue weighted by Gasteiger charge is 2.33. The van der Waals surface area contributed by atoms with E-state index >= 15 is 4.39 Å². The molecule has 0 unspecified atom stereocenters. The highest BCUT2D eigenvalue weighted by atomic mass is 35.5. The standard InChI is InChI=1S/C23H19ClFN9OS/c1-10-5-17(22-27-8-14(30-22)21-11(2)29-23(26)36-21)34-16(10)6-12(7-18(34)35)19-15(33-9-28-31-32-33)4-3-13(24)20(19)25/h3-4,6-10,17H,5H2,1-2H3,(H2,26,29)(H,27,30)/t10-,17-/m0/s1. The number of aryl methyl sites for hydroxylation is 1. The molecule has 0 radical (unpaired) electrons. The number of hydrogen-bond acceptors (Lipinski definition) is 8. The molecule has 5 heterocycles. The second-order valence-electron chi connectivity index (χ2n) is 8.69. The van der Waals surface area contributed by atoms with E-state index in [0.717, 1.165) is 22.0 Å². The number of thiazole rings is 1. The van der Waals surface area contributed by atoms with Gasteiger partial charge in [-0.2, -0.15) is 4.68 Å². The lowest BCUT2D eigenvalue weighted by molar-refractivity contribution is 0.557. The molecular weight excluding hydrogens is 505 g/mol. The molecule has 1 aromatic carbocycles. The minimum atomic E-state index is -0.647. The van der Waals surface area contributed by atoms with Crippen molar-refractivity contribution in [2.45, 2.75) is 32.2 Å². The highest BCUT2D eigenvalue weighted by molar-refractivity contribution is 7.18. The molecule has 6 rings (SSSR count). The van der Waals surface area contributed by atoms with Crippen LogP contribution in [0.3, 0.4) is 0 Å². The monoisotopic (exact) mass is 523 g/mol. The van der Waals surface area contributed by atoms with Crippen molar-refractivity contribution in [3.05, 3.63) is 75.2 Å². The summed E-state index contributed by atoms with van der Waals surface area (Å²) in [4.78, 5) is 26.6. The molecule has 13 heteroatoms. The van der Waals surface area contributed by atoms with Crippen molar-refractivity contribution in [2.24, 2.45) is 0 Å². The van der Waals surface area contributed by atoms with Crippen LogP contribution in [-0.2, 0) is 0 Å². The van der Waals surface area contributed by atoms with Crippen LogP contribution in [0.15, 0.2) is 41.6 Å². The van der Waals surface area contributed by atoms with Gasteiger partial charge in [0.25, 0.3) is 5.56 Å². The van der Waals surface area contributed by atoms with Gasteiger partial charge in [-0.1, -0.05) is 29.9 Å². The van der Waals surface area contributed by atoms with E-state index in [1.165, 1.54) is 34.5 Å². The minimum Gasteiger partial charge on any atom is -0.375 e. The summed E-state index contributed by atoms with van der Waals surface area (Å²) in [5, 5.41) is 11.6. The number of pyridine rings is 1. The van der Waals surface area contributed by atoms with Gasteiger partial charge in [0.1, 0.15) is 12.2 Å². The number of nitrogens with one attached hydrogen (secondary N) is 1. The number of H-pyrrole nitrogens is 1. The fourth-order valence-corrected chi connectivity index (χ4v) is 5.78. The molecule has 10 nitrogen and oxygen atoms in total. The third-order valence-electron chi connectivity index (χ3n) is 6.42. The molecule has 4 aromatic heterocycles. The van der Waals surface area contributed by atoms with Crippen molar-refractivity contribution in [2.75, 3.05) is 5.73 Å². The lowest BCUT2D eigenvalue weighted by atomic mass is 9.99. The molecule has 0 amide bonds. The summed E-state index contributed by atoms with van der Waals surface area (Å²) in [6.45, 7) is 3.92. The number of fused-ring (bicyclic) bond motifs is 1. The molecule has 0 fully saturated rings. The van der Waals surface area contributed by atoms with Crippen molar-refractivity contribution in [3.8, 4) is 27.4 Å². The van der Waals surface area contributed by atoms with Crippen LogP contribution in [0.4, 0.5) is 9.52 Å². The predicted octanol–water partition coefficient (Wildman–Crippen LogP) is 4.12. The van der Waals surface area contributed by atoms with Gasteiger partial charge in [0, 0.05) is 17.3 Å². The van der Waals surface area contributed by atoms with Gasteiger partial charge in [0.15, 0.2) is 10.9 Å². The van der Waals surface area contributed by atoms with Crippen molar-refractivity contribution in [3.63, 3.8) is 0 Å². The van der Waals surface area contributed by atoms with Crippen LogP contribution in [0.2, 0.25) is 5.02 Å². The quantitative estimate of drug-likeness (QED) is 0.362. The normalized spacial score (nSPS) is 17.0. The van der Waals surface area contributed by atoms with E-state index in [4.69, 9.17) is 17.3 Å².